The van der Waals surface area contributed by atoms with Gasteiger partial charge in [0.25, 0.3) is 0 Å². The number of hydrogen-bond donors (Lipinski definition) is 1. The molecule has 0 aromatic heterocycles. The zero-order valence-electron chi connectivity index (χ0n) is 6.56. The molecule has 0 saturated heterocycles. The lowest BCUT2D eigenvalue weighted by Gasteiger charge is -1.98. The van der Waals surface area contributed by atoms with Crippen molar-refractivity contribution in [2.24, 2.45) is 0 Å². The first-order valence-electron chi connectivity index (χ1n) is 3.68. The van der Waals surface area contributed by atoms with Crippen LogP contribution >= 0.6 is 24.0 Å². The number of aliphatic hydroxyl groups is 1. The highest BCUT2D eigenvalue weighted by Crippen LogP contribution is 2.07. The van der Waals surface area contributed by atoms with Gasteiger partial charge in [-0.15, -0.1) is 0 Å². The van der Waals surface area contributed by atoms with E-state index in [1.165, 1.54) is 17.3 Å². The van der Waals surface area contributed by atoms with E-state index in [1.54, 1.807) is 0 Å². The summed E-state index contributed by atoms with van der Waals surface area (Å²) in [6.45, 7) is 0. The highest BCUT2D eigenvalue weighted by molar-refractivity contribution is 8.22. The topological polar surface area (TPSA) is 20.2 Å². The van der Waals surface area contributed by atoms with Crippen molar-refractivity contribution in [3.63, 3.8) is 0 Å². The van der Waals surface area contributed by atoms with Gasteiger partial charge >= 0.3 is 0 Å². The van der Waals surface area contributed by atoms with E-state index in [2.05, 4.69) is 24.4 Å². The van der Waals surface area contributed by atoms with Gasteiger partial charge in [0.1, 0.15) is 0 Å². The predicted octanol–water partition coefficient (Wildman–Crippen LogP) is 2.81. The number of thioether (sulfide) groups is 1. The molecule has 0 saturated carbocycles. The molecular weight excluding hydrogens is 188 g/mol. The van der Waals surface area contributed by atoms with E-state index in [1.807, 2.05) is 18.2 Å². The highest BCUT2D eigenvalue weighted by Gasteiger charge is 1.94. The number of rotatable bonds is 3. The van der Waals surface area contributed by atoms with Crippen LogP contribution in [0, 0.1) is 0 Å². The Hall–Kier alpha value is -0.540. The summed E-state index contributed by atoms with van der Waals surface area (Å²) in [6.07, 6.45) is 0.951. The van der Waals surface area contributed by atoms with Gasteiger partial charge < -0.3 is 5.11 Å². The number of thiocarbonyl (C=S) groups is 1. The molecule has 1 aromatic rings. The molecule has 1 rings (SSSR count). The standard InChI is InChI=1S/C9H10OS2/c10-9(11)12-7-6-8-4-2-1-3-5-8/h1-5H,6-7H2,(H,10,11). The van der Waals surface area contributed by atoms with Crippen LogP contribution in [0.25, 0.3) is 0 Å². The lowest BCUT2D eigenvalue weighted by Crippen LogP contribution is -1.91. The van der Waals surface area contributed by atoms with E-state index in [4.69, 9.17) is 5.11 Å². The average Bonchev–Trinajstić information content (AvgIpc) is 2.05. The van der Waals surface area contributed by atoms with Crippen LogP contribution in [0.1, 0.15) is 5.56 Å². The Bertz CT molecular complexity index is 246. The van der Waals surface area contributed by atoms with Crippen LogP contribution in [0.5, 0.6) is 0 Å². The molecule has 0 aliphatic rings. The SMILES string of the molecule is OC(=S)SCCc1ccccc1. The van der Waals surface area contributed by atoms with E-state index in [9.17, 15) is 0 Å². The van der Waals surface area contributed by atoms with E-state index in [-0.39, 0.29) is 4.38 Å². The molecule has 64 valence electrons. The van der Waals surface area contributed by atoms with E-state index in [0.717, 1.165) is 12.2 Å². The van der Waals surface area contributed by atoms with Gasteiger partial charge in [0, 0.05) is 5.75 Å². The van der Waals surface area contributed by atoms with E-state index in [0.29, 0.717) is 0 Å². The van der Waals surface area contributed by atoms with Crippen molar-refractivity contribution in [2.75, 3.05) is 5.75 Å². The summed E-state index contributed by atoms with van der Waals surface area (Å²) < 4.78 is 0.0333. The number of aryl methyl sites for hydroxylation is 1. The van der Waals surface area contributed by atoms with E-state index < -0.39 is 0 Å². The van der Waals surface area contributed by atoms with Crippen LogP contribution in [-0.2, 0) is 6.42 Å². The third-order valence-corrected chi connectivity index (χ3v) is 2.47. The van der Waals surface area contributed by atoms with Crippen LogP contribution in [0.2, 0.25) is 0 Å². The molecule has 12 heavy (non-hydrogen) atoms. The maximum atomic E-state index is 8.72. The Morgan fingerprint density at radius 2 is 2.00 bits per heavy atom. The fourth-order valence-electron chi connectivity index (χ4n) is 0.901. The first-order chi connectivity index (χ1) is 5.79. The highest BCUT2D eigenvalue weighted by atomic mass is 32.2. The van der Waals surface area contributed by atoms with Crippen LogP contribution < -0.4 is 0 Å². The quantitative estimate of drug-likeness (QED) is 0.754. The van der Waals surface area contributed by atoms with Crippen LogP contribution in [0.4, 0.5) is 0 Å². The second-order valence-electron chi connectivity index (χ2n) is 2.35. The summed E-state index contributed by atoms with van der Waals surface area (Å²) in [6, 6.07) is 10.2. The van der Waals surface area contributed by atoms with Gasteiger partial charge in [0.05, 0.1) is 0 Å². The normalized spacial score (nSPS) is 9.67. The smallest absolute Gasteiger partial charge is 0.217 e. The van der Waals surface area contributed by atoms with Crippen molar-refractivity contribution in [3.05, 3.63) is 35.9 Å². The summed E-state index contributed by atoms with van der Waals surface area (Å²) in [4.78, 5) is 0. The minimum Gasteiger partial charge on any atom is -0.494 e. The third kappa shape index (κ3) is 3.74. The molecule has 0 aliphatic heterocycles. The van der Waals surface area contributed by atoms with Crippen LogP contribution in [0.3, 0.4) is 0 Å². The summed E-state index contributed by atoms with van der Waals surface area (Å²) in [7, 11) is 0. The van der Waals surface area contributed by atoms with Gasteiger partial charge in [-0.3, -0.25) is 0 Å². The Balaban J connectivity index is 2.29. The van der Waals surface area contributed by atoms with Crippen LogP contribution in [-0.4, -0.2) is 15.2 Å². The largest absolute Gasteiger partial charge is 0.494 e. The van der Waals surface area contributed by atoms with Crippen molar-refractivity contribution < 1.29 is 5.11 Å². The van der Waals surface area contributed by atoms with Gasteiger partial charge in [-0.1, -0.05) is 42.1 Å². The van der Waals surface area contributed by atoms with Gasteiger partial charge in [-0.2, -0.15) is 0 Å². The van der Waals surface area contributed by atoms with Gasteiger partial charge in [-0.25, -0.2) is 0 Å². The summed E-state index contributed by atoms with van der Waals surface area (Å²) in [5, 5.41) is 8.72. The molecule has 0 aliphatic carbocycles. The Morgan fingerprint density at radius 1 is 1.33 bits per heavy atom. The van der Waals surface area contributed by atoms with Crippen molar-refractivity contribution in [1.82, 2.24) is 0 Å². The third-order valence-electron chi connectivity index (χ3n) is 1.46. The predicted molar refractivity (Wildman–Crippen MR) is 57.8 cm³/mol. The fourth-order valence-corrected chi connectivity index (χ4v) is 1.66. The van der Waals surface area contributed by atoms with Gasteiger partial charge in [0.15, 0.2) is 0 Å². The molecule has 1 aromatic carbocycles. The van der Waals surface area contributed by atoms with E-state index >= 15 is 0 Å². The Kier molecular flexibility index (Phi) is 4.11. The molecule has 0 spiro atoms. The summed E-state index contributed by atoms with van der Waals surface area (Å²) in [5.41, 5.74) is 1.28. The van der Waals surface area contributed by atoms with Crippen molar-refractivity contribution in [1.29, 1.82) is 0 Å². The lowest BCUT2D eigenvalue weighted by molar-refractivity contribution is 0.585. The Labute approximate surface area is 81.8 Å². The van der Waals surface area contributed by atoms with Crippen molar-refractivity contribution in [3.8, 4) is 0 Å². The molecular formula is C9H10OS2. The second kappa shape index (κ2) is 5.17. The molecule has 0 amide bonds. The van der Waals surface area contributed by atoms with Crippen molar-refractivity contribution in [2.45, 2.75) is 6.42 Å². The second-order valence-corrected chi connectivity index (χ2v) is 4.08. The lowest BCUT2D eigenvalue weighted by atomic mass is 10.2. The maximum absolute atomic E-state index is 8.72. The van der Waals surface area contributed by atoms with Gasteiger partial charge in [0.2, 0.25) is 4.38 Å². The molecule has 0 heterocycles. The average molecular weight is 198 g/mol. The molecule has 0 bridgehead atoms. The monoisotopic (exact) mass is 198 g/mol. The maximum Gasteiger partial charge on any atom is 0.217 e. The van der Waals surface area contributed by atoms with Crippen molar-refractivity contribution >= 4 is 28.4 Å². The van der Waals surface area contributed by atoms with Crippen LogP contribution in [0.15, 0.2) is 30.3 Å². The molecule has 0 fully saturated rings. The molecule has 1 N–H and O–H groups in total. The summed E-state index contributed by atoms with van der Waals surface area (Å²) in [5.74, 6) is 0.847. The van der Waals surface area contributed by atoms with Gasteiger partial charge in [-0.05, 0) is 24.2 Å². The molecule has 0 radical (unpaired) electrons. The molecule has 0 unspecified atom stereocenters. The molecule has 0 atom stereocenters. The summed E-state index contributed by atoms with van der Waals surface area (Å²) >= 11 is 5.84. The number of hydrogen-bond acceptors (Lipinski definition) is 2. The number of benzene rings is 1. The minimum absolute atomic E-state index is 0.0333. The fraction of sp³-hybridized carbons (Fsp3) is 0.222. The molecule has 3 heteroatoms. The zero-order valence-corrected chi connectivity index (χ0v) is 8.20. The first-order valence-corrected chi connectivity index (χ1v) is 5.08. The Morgan fingerprint density at radius 3 is 2.58 bits per heavy atom. The zero-order chi connectivity index (χ0) is 8.81. The minimum atomic E-state index is 0.0333. The number of aliphatic hydroxyl groups excluding tert-OH is 1. The molecule has 1 nitrogen and oxygen atoms in total. The first kappa shape index (κ1) is 9.55.